The average molecular weight is 330 g/mol. The van der Waals surface area contributed by atoms with E-state index in [-0.39, 0.29) is 4.83 Å². The van der Waals surface area contributed by atoms with Crippen molar-refractivity contribution in [1.82, 2.24) is 4.98 Å². The van der Waals surface area contributed by atoms with E-state index in [1.54, 1.807) is 0 Å². The maximum absolute atomic E-state index is 5.59. The molecule has 2 heterocycles. The van der Waals surface area contributed by atoms with Crippen LogP contribution in [0.15, 0.2) is 46.9 Å². The summed E-state index contributed by atoms with van der Waals surface area (Å²) < 4.78 is 5.59. The summed E-state index contributed by atoms with van der Waals surface area (Å²) in [5, 5.41) is 1.18. The van der Waals surface area contributed by atoms with Crippen molar-refractivity contribution in [3.8, 4) is 0 Å². The molecule has 1 atom stereocenters. The number of rotatable bonds is 3. The number of halogens is 1. The van der Waals surface area contributed by atoms with Crippen molar-refractivity contribution in [3.63, 3.8) is 0 Å². The molecule has 102 valence electrons. The molecule has 0 aliphatic heterocycles. The highest BCUT2D eigenvalue weighted by Gasteiger charge is 2.15. The molecule has 2 aromatic heterocycles. The van der Waals surface area contributed by atoms with E-state index in [9.17, 15) is 0 Å². The predicted octanol–water partition coefficient (Wildman–Crippen LogP) is 5.12. The Morgan fingerprint density at radius 2 is 1.95 bits per heavy atom. The zero-order valence-electron chi connectivity index (χ0n) is 11.6. The van der Waals surface area contributed by atoms with Crippen LogP contribution in [0.2, 0.25) is 0 Å². The first-order valence-electron chi connectivity index (χ1n) is 6.69. The van der Waals surface area contributed by atoms with Crippen LogP contribution in [0.3, 0.4) is 0 Å². The summed E-state index contributed by atoms with van der Waals surface area (Å²) in [6, 6.07) is 14.5. The second-order valence-electron chi connectivity index (χ2n) is 5.04. The Morgan fingerprint density at radius 1 is 1.15 bits per heavy atom. The number of fused-ring (bicyclic) bond motifs is 1. The third-order valence-corrected chi connectivity index (χ3v) is 4.28. The van der Waals surface area contributed by atoms with Crippen LogP contribution < -0.4 is 0 Å². The first kappa shape index (κ1) is 13.4. The number of aromatic nitrogens is 1. The largest absolute Gasteiger partial charge is 0.466 e. The molecule has 0 spiro atoms. The lowest BCUT2D eigenvalue weighted by atomic mass is 10.1. The number of hydrogen-bond acceptors (Lipinski definition) is 2. The van der Waals surface area contributed by atoms with Crippen LogP contribution in [0, 0.1) is 13.8 Å². The number of aryl methyl sites for hydroxylation is 2. The van der Waals surface area contributed by atoms with Crippen molar-refractivity contribution >= 4 is 26.8 Å². The van der Waals surface area contributed by atoms with E-state index in [0.717, 1.165) is 29.2 Å². The standard InChI is InChI=1S/C17H16BrNO/c1-11-9-15(12(2)20-11)16(18)10-14-8-7-13-5-3-4-6-17(13)19-14/h3-9,16H,10H2,1-2H3. The number of pyridine rings is 1. The van der Waals surface area contributed by atoms with Gasteiger partial charge in [-0.25, -0.2) is 0 Å². The molecule has 1 unspecified atom stereocenters. The number of benzene rings is 1. The van der Waals surface area contributed by atoms with E-state index in [0.29, 0.717) is 0 Å². The molecule has 0 bridgehead atoms. The molecule has 0 radical (unpaired) electrons. The van der Waals surface area contributed by atoms with E-state index >= 15 is 0 Å². The molecule has 1 aromatic carbocycles. The van der Waals surface area contributed by atoms with Gasteiger partial charge in [0.2, 0.25) is 0 Å². The van der Waals surface area contributed by atoms with Gasteiger partial charge in [-0.2, -0.15) is 0 Å². The summed E-state index contributed by atoms with van der Waals surface area (Å²) in [4.78, 5) is 4.95. The smallest absolute Gasteiger partial charge is 0.105 e. The molecule has 0 saturated carbocycles. The topological polar surface area (TPSA) is 26.0 Å². The van der Waals surface area contributed by atoms with Crippen LogP contribution in [-0.2, 0) is 6.42 Å². The van der Waals surface area contributed by atoms with Gasteiger partial charge in [-0.15, -0.1) is 0 Å². The van der Waals surface area contributed by atoms with Crippen LogP contribution >= 0.6 is 15.9 Å². The minimum absolute atomic E-state index is 0.230. The average Bonchev–Trinajstić information content (AvgIpc) is 2.78. The SMILES string of the molecule is Cc1cc(C(Br)Cc2ccc3ccccc3n2)c(C)o1. The number of para-hydroxylation sites is 1. The van der Waals surface area contributed by atoms with Gasteiger partial charge in [-0.05, 0) is 32.0 Å². The molecular weight excluding hydrogens is 314 g/mol. The van der Waals surface area contributed by atoms with Gasteiger partial charge in [0.05, 0.1) is 5.52 Å². The molecule has 0 aliphatic rings. The number of alkyl halides is 1. The van der Waals surface area contributed by atoms with Gasteiger partial charge in [0.25, 0.3) is 0 Å². The monoisotopic (exact) mass is 329 g/mol. The van der Waals surface area contributed by atoms with E-state index in [1.165, 1.54) is 10.9 Å². The number of nitrogens with zero attached hydrogens (tertiary/aromatic N) is 1. The van der Waals surface area contributed by atoms with E-state index < -0.39 is 0 Å². The normalized spacial score (nSPS) is 12.8. The number of furan rings is 1. The summed E-state index contributed by atoms with van der Waals surface area (Å²) in [5.41, 5.74) is 3.34. The van der Waals surface area contributed by atoms with Crippen LogP contribution in [-0.4, -0.2) is 4.98 Å². The Balaban J connectivity index is 1.87. The molecular formula is C17H16BrNO. The van der Waals surface area contributed by atoms with Gasteiger partial charge in [-0.3, -0.25) is 4.98 Å². The molecule has 3 rings (SSSR count). The second kappa shape index (κ2) is 5.41. The van der Waals surface area contributed by atoms with Crippen molar-refractivity contribution in [2.75, 3.05) is 0 Å². The van der Waals surface area contributed by atoms with Gasteiger partial charge < -0.3 is 4.42 Å². The molecule has 3 aromatic rings. The van der Waals surface area contributed by atoms with E-state index in [1.807, 2.05) is 26.0 Å². The maximum Gasteiger partial charge on any atom is 0.105 e. The van der Waals surface area contributed by atoms with Crippen molar-refractivity contribution < 1.29 is 4.42 Å². The lowest BCUT2D eigenvalue weighted by molar-refractivity contribution is 0.501. The Bertz CT molecular complexity index is 748. The highest BCUT2D eigenvalue weighted by atomic mass is 79.9. The number of hydrogen-bond donors (Lipinski definition) is 0. The van der Waals surface area contributed by atoms with Gasteiger partial charge in [0.15, 0.2) is 0 Å². The van der Waals surface area contributed by atoms with Gasteiger partial charge in [0, 0.05) is 27.9 Å². The molecule has 3 heteroatoms. The fraction of sp³-hybridized carbons (Fsp3) is 0.235. The van der Waals surface area contributed by atoms with Crippen molar-refractivity contribution in [1.29, 1.82) is 0 Å². The molecule has 0 aliphatic carbocycles. The quantitative estimate of drug-likeness (QED) is 0.623. The van der Waals surface area contributed by atoms with Crippen molar-refractivity contribution in [3.05, 3.63) is 65.2 Å². The van der Waals surface area contributed by atoms with Gasteiger partial charge in [-0.1, -0.05) is 40.2 Å². The van der Waals surface area contributed by atoms with Crippen molar-refractivity contribution in [2.24, 2.45) is 0 Å². The predicted molar refractivity (Wildman–Crippen MR) is 85.3 cm³/mol. The van der Waals surface area contributed by atoms with E-state index in [4.69, 9.17) is 9.40 Å². The molecule has 0 saturated heterocycles. The zero-order valence-corrected chi connectivity index (χ0v) is 13.1. The summed E-state index contributed by atoms with van der Waals surface area (Å²) in [6.45, 7) is 3.98. The maximum atomic E-state index is 5.59. The molecule has 0 N–H and O–H groups in total. The fourth-order valence-electron chi connectivity index (χ4n) is 2.48. The minimum atomic E-state index is 0.230. The second-order valence-corrected chi connectivity index (χ2v) is 6.14. The lowest BCUT2D eigenvalue weighted by Gasteiger charge is -2.09. The van der Waals surface area contributed by atoms with Crippen LogP contribution in [0.5, 0.6) is 0 Å². The van der Waals surface area contributed by atoms with Gasteiger partial charge >= 0.3 is 0 Å². The molecule has 20 heavy (non-hydrogen) atoms. The Hall–Kier alpha value is -1.61. The fourth-order valence-corrected chi connectivity index (χ4v) is 3.26. The first-order valence-corrected chi connectivity index (χ1v) is 7.61. The van der Waals surface area contributed by atoms with Crippen LogP contribution in [0.4, 0.5) is 0 Å². The third-order valence-electron chi connectivity index (χ3n) is 3.46. The minimum Gasteiger partial charge on any atom is -0.466 e. The van der Waals surface area contributed by atoms with Crippen LogP contribution in [0.25, 0.3) is 10.9 Å². The molecule has 0 fully saturated rings. The summed E-state index contributed by atoms with van der Waals surface area (Å²) in [6.07, 6.45) is 0.852. The van der Waals surface area contributed by atoms with Crippen LogP contribution in [0.1, 0.15) is 27.6 Å². The van der Waals surface area contributed by atoms with Crippen molar-refractivity contribution in [2.45, 2.75) is 25.1 Å². The Morgan fingerprint density at radius 3 is 2.70 bits per heavy atom. The highest BCUT2D eigenvalue weighted by molar-refractivity contribution is 9.09. The first-order chi connectivity index (χ1) is 9.63. The zero-order chi connectivity index (χ0) is 14.1. The lowest BCUT2D eigenvalue weighted by Crippen LogP contribution is -1.98. The summed E-state index contributed by atoms with van der Waals surface area (Å²) in [7, 11) is 0. The summed E-state index contributed by atoms with van der Waals surface area (Å²) >= 11 is 3.75. The molecule has 0 amide bonds. The Labute approximate surface area is 127 Å². The summed E-state index contributed by atoms with van der Waals surface area (Å²) in [5.74, 6) is 1.93. The Kier molecular flexibility index (Phi) is 3.62. The van der Waals surface area contributed by atoms with Gasteiger partial charge in [0.1, 0.15) is 11.5 Å². The molecule has 2 nitrogen and oxygen atoms in total. The highest BCUT2D eigenvalue weighted by Crippen LogP contribution is 2.31. The third kappa shape index (κ3) is 2.63. The van der Waals surface area contributed by atoms with E-state index in [2.05, 4.69) is 46.3 Å².